The van der Waals surface area contributed by atoms with Gasteiger partial charge in [-0.3, -0.25) is 9.88 Å². The molecule has 0 aliphatic carbocycles. The van der Waals surface area contributed by atoms with E-state index in [2.05, 4.69) is 16.8 Å². The average Bonchev–Trinajstić information content (AvgIpc) is 2.66. The second-order valence-electron chi connectivity index (χ2n) is 7.24. The van der Waals surface area contributed by atoms with Gasteiger partial charge in [0.1, 0.15) is 5.75 Å². The summed E-state index contributed by atoms with van der Waals surface area (Å²) in [7, 11) is 1.67. The first-order valence-corrected chi connectivity index (χ1v) is 9.06. The number of pyridine rings is 1. The van der Waals surface area contributed by atoms with E-state index in [1.54, 1.807) is 13.3 Å². The predicted molar refractivity (Wildman–Crippen MR) is 95.1 cm³/mol. The first kappa shape index (κ1) is 15.9. The summed E-state index contributed by atoms with van der Waals surface area (Å²) in [5.74, 6) is 2.37. The van der Waals surface area contributed by atoms with Crippen LogP contribution < -0.4 is 4.74 Å². The number of aromatic nitrogens is 1. The third kappa shape index (κ3) is 2.58. The Morgan fingerprint density at radius 3 is 2.96 bits per heavy atom. The van der Waals surface area contributed by atoms with Crippen molar-refractivity contribution in [3.05, 3.63) is 36.0 Å². The summed E-state index contributed by atoms with van der Waals surface area (Å²) in [4.78, 5) is 6.94. The number of ether oxygens (including phenoxy) is 1. The van der Waals surface area contributed by atoms with Crippen LogP contribution in [0.15, 0.2) is 30.5 Å². The van der Waals surface area contributed by atoms with Gasteiger partial charge in [-0.2, -0.15) is 0 Å². The van der Waals surface area contributed by atoms with Crippen molar-refractivity contribution in [3.8, 4) is 5.75 Å². The molecule has 2 bridgehead atoms. The molecule has 1 aromatic carbocycles. The van der Waals surface area contributed by atoms with Crippen LogP contribution in [0.2, 0.25) is 0 Å². The van der Waals surface area contributed by atoms with E-state index in [1.807, 2.05) is 24.3 Å². The van der Waals surface area contributed by atoms with Gasteiger partial charge in [0.25, 0.3) is 0 Å². The van der Waals surface area contributed by atoms with E-state index in [-0.39, 0.29) is 6.04 Å². The SMILES string of the molecule is CCC1CN2CC[C@H]1CC2[C@@H](O)c1ccnc2ccc(OC)cc12. The van der Waals surface area contributed by atoms with Crippen LogP contribution in [-0.4, -0.2) is 41.2 Å². The predicted octanol–water partition coefficient (Wildman–Crippen LogP) is 3.40. The van der Waals surface area contributed by atoms with E-state index in [1.165, 1.54) is 12.8 Å². The fourth-order valence-corrected chi connectivity index (χ4v) is 4.71. The Morgan fingerprint density at radius 2 is 2.25 bits per heavy atom. The number of aliphatic hydroxyl groups excluding tert-OH is 1. The Kier molecular flexibility index (Phi) is 4.19. The molecule has 0 radical (unpaired) electrons. The molecule has 3 unspecified atom stereocenters. The summed E-state index contributed by atoms with van der Waals surface area (Å²) in [5, 5.41) is 12.2. The van der Waals surface area contributed by atoms with Crippen molar-refractivity contribution >= 4 is 10.9 Å². The molecule has 24 heavy (non-hydrogen) atoms. The zero-order valence-electron chi connectivity index (χ0n) is 14.5. The minimum absolute atomic E-state index is 0.225. The highest BCUT2D eigenvalue weighted by Gasteiger charge is 2.42. The summed E-state index contributed by atoms with van der Waals surface area (Å²) < 4.78 is 5.36. The summed E-state index contributed by atoms with van der Waals surface area (Å²) in [6.07, 6.45) is 4.97. The van der Waals surface area contributed by atoms with Crippen LogP contribution >= 0.6 is 0 Å². The molecule has 0 saturated carbocycles. The van der Waals surface area contributed by atoms with Crippen molar-refractivity contribution in [2.45, 2.75) is 38.3 Å². The summed E-state index contributed by atoms with van der Waals surface area (Å²) in [6.45, 7) is 4.55. The molecule has 3 fully saturated rings. The monoisotopic (exact) mass is 326 g/mol. The van der Waals surface area contributed by atoms with Gasteiger partial charge in [-0.15, -0.1) is 0 Å². The van der Waals surface area contributed by atoms with Gasteiger partial charge in [-0.25, -0.2) is 0 Å². The molecule has 5 atom stereocenters. The van der Waals surface area contributed by atoms with Crippen LogP contribution in [0.3, 0.4) is 0 Å². The van der Waals surface area contributed by atoms with Crippen LogP contribution in [0, 0.1) is 11.8 Å². The zero-order valence-corrected chi connectivity index (χ0v) is 14.5. The number of hydrogen-bond donors (Lipinski definition) is 1. The molecule has 5 rings (SSSR count). The molecular weight excluding hydrogens is 300 g/mol. The lowest BCUT2D eigenvalue weighted by Crippen LogP contribution is -2.55. The fourth-order valence-electron chi connectivity index (χ4n) is 4.71. The van der Waals surface area contributed by atoms with E-state index < -0.39 is 6.10 Å². The van der Waals surface area contributed by atoms with Gasteiger partial charge in [-0.1, -0.05) is 13.3 Å². The van der Waals surface area contributed by atoms with Crippen molar-refractivity contribution in [1.82, 2.24) is 9.88 Å². The van der Waals surface area contributed by atoms with Crippen LogP contribution in [-0.2, 0) is 0 Å². The van der Waals surface area contributed by atoms with Crippen molar-refractivity contribution < 1.29 is 9.84 Å². The lowest BCUT2D eigenvalue weighted by Gasteiger charge is -2.51. The largest absolute Gasteiger partial charge is 0.497 e. The lowest BCUT2D eigenvalue weighted by molar-refractivity contribution is -0.0562. The molecule has 128 valence electrons. The molecule has 0 amide bonds. The Bertz CT molecular complexity index is 733. The van der Waals surface area contributed by atoms with Gasteiger partial charge in [0.2, 0.25) is 0 Å². The standard InChI is InChI=1S/C20H26N2O2/c1-3-13-12-22-9-7-14(13)10-19(22)20(23)16-6-8-21-18-5-4-15(24-2)11-17(16)18/h4-6,8,11,13-14,19-20,23H,3,7,9-10,12H2,1-2H3/t13?,14-,19?,20-/m0/s1. The highest BCUT2D eigenvalue weighted by Crippen LogP contribution is 2.42. The summed E-state index contributed by atoms with van der Waals surface area (Å²) in [5.41, 5.74) is 1.89. The van der Waals surface area contributed by atoms with Crippen LogP contribution in [0.25, 0.3) is 10.9 Å². The number of fused-ring (bicyclic) bond motifs is 4. The maximum atomic E-state index is 11.2. The molecule has 4 heteroatoms. The molecule has 3 aliphatic rings. The van der Waals surface area contributed by atoms with Crippen LogP contribution in [0.4, 0.5) is 0 Å². The third-order valence-electron chi connectivity index (χ3n) is 6.13. The Labute approximate surface area is 143 Å². The Hall–Kier alpha value is -1.65. The normalized spacial score (nSPS) is 30.5. The van der Waals surface area contributed by atoms with E-state index in [4.69, 9.17) is 4.74 Å². The smallest absolute Gasteiger partial charge is 0.119 e. The number of piperidine rings is 3. The van der Waals surface area contributed by atoms with E-state index in [0.29, 0.717) is 0 Å². The fraction of sp³-hybridized carbons (Fsp3) is 0.550. The summed E-state index contributed by atoms with van der Waals surface area (Å²) in [6, 6.07) is 8.07. The quantitative estimate of drug-likeness (QED) is 0.935. The maximum absolute atomic E-state index is 11.2. The van der Waals surface area contributed by atoms with Gasteiger partial charge < -0.3 is 9.84 Å². The summed E-state index contributed by atoms with van der Waals surface area (Å²) >= 11 is 0. The average molecular weight is 326 g/mol. The second kappa shape index (κ2) is 6.34. The van der Waals surface area contributed by atoms with Gasteiger partial charge in [0.15, 0.2) is 0 Å². The van der Waals surface area contributed by atoms with Crippen LogP contribution in [0.5, 0.6) is 5.75 Å². The molecule has 3 aliphatic heterocycles. The molecule has 1 N–H and O–H groups in total. The molecule has 4 heterocycles. The van der Waals surface area contributed by atoms with Gasteiger partial charge in [0, 0.05) is 24.2 Å². The third-order valence-corrected chi connectivity index (χ3v) is 6.13. The Balaban J connectivity index is 1.68. The Morgan fingerprint density at radius 1 is 1.38 bits per heavy atom. The molecule has 0 spiro atoms. The molecule has 1 aromatic heterocycles. The van der Waals surface area contributed by atoms with Crippen molar-refractivity contribution in [2.24, 2.45) is 11.8 Å². The van der Waals surface area contributed by atoms with E-state index in [9.17, 15) is 5.11 Å². The van der Waals surface area contributed by atoms with Crippen molar-refractivity contribution in [3.63, 3.8) is 0 Å². The highest BCUT2D eigenvalue weighted by atomic mass is 16.5. The molecule has 3 saturated heterocycles. The first-order valence-electron chi connectivity index (χ1n) is 9.06. The maximum Gasteiger partial charge on any atom is 0.119 e. The van der Waals surface area contributed by atoms with Gasteiger partial charge in [0.05, 0.1) is 18.7 Å². The molecule has 2 aromatic rings. The molecule has 4 nitrogen and oxygen atoms in total. The number of methoxy groups -OCH3 is 1. The molecular formula is C20H26N2O2. The van der Waals surface area contributed by atoms with Crippen molar-refractivity contribution in [2.75, 3.05) is 20.2 Å². The van der Waals surface area contributed by atoms with Crippen molar-refractivity contribution in [1.29, 1.82) is 0 Å². The number of benzene rings is 1. The first-order chi connectivity index (χ1) is 11.7. The minimum Gasteiger partial charge on any atom is -0.497 e. The number of hydrogen-bond acceptors (Lipinski definition) is 4. The van der Waals surface area contributed by atoms with E-state index in [0.717, 1.165) is 53.6 Å². The lowest BCUT2D eigenvalue weighted by atomic mass is 9.72. The van der Waals surface area contributed by atoms with Crippen LogP contribution in [0.1, 0.15) is 37.9 Å². The number of nitrogens with zero attached hydrogens (tertiary/aromatic N) is 2. The van der Waals surface area contributed by atoms with Gasteiger partial charge >= 0.3 is 0 Å². The second-order valence-corrected chi connectivity index (χ2v) is 7.24. The minimum atomic E-state index is -0.469. The number of aliphatic hydroxyl groups is 1. The topological polar surface area (TPSA) is 45.6 Å². The highest BCUT2D eigenvalue weighted by molar-refractivity contribution is 5.83. The van der Waals surface area contributed by atoms with Gasteiger partial charge in [-0.05, 0) is 61.1 Å². The zero-order chi connectivity index (χ0) is 16.7. The van der Waals surface area contributed by atoms with E-state index >= 15 is 0 Å². The number of rotatable bonds is 4.